The second-order valence-electron chi connectivity index (χ2n) is 9.82. The summed E-state index contributed by atoms with van der Waals surface area (Å²) in [5.74, 6) is 0.0381. The van der Waals surface area contributed by atoms with E-state index >= 15 is 0 Å². The monoisotopic (exact) mass is 566 g/mol. The van der Waals surface area contributed by atoms with E-state index in [2.05, 4.69) is 0 Å². The summed E-state index contributed by atoms with van der Waals surface area (Å²) in [4.78, 5) is 45.1. The van der Waals surface area contributed by atoms with Gasteiger partial charge in [-0.05, 0) is 68.3 Å². The van der Waals surface area contributed by atoms with Crippen LogP contribution in [-0.4, -0.2) is 31.8 Å². The lowest BCUT2D eigenvalue weighted by molar-refractivity contribution is -0.384. The lowest BCUT2D eigenvalue weighted by Crippen LogP contribution is -2.38. The molecule has 0 saturated heterocycles. The fourth-order valence-corrected chi connectivity index (χ4v) is 4.96. The fourth-order valence-electron chi connectivity index (χ4n) is 4.80. The maximum Gasteiger partial charge on any atom is 0.269 e. The van der Waals surface area contributed by atoms with Gasteiger partial charge in [0.1, 0.15) is 5.82 Å². The number of carbonyl (C=O) groups is 1. The highest BCUT2D eigenvalue weighted by Crippen LogP contribution is 2.27. The van der Waals surface area contributed by atoms with Gasteiger partial charge in [0.2, 0.25) is 0 Å². The van der Waals surface area contributed by atoms with Crippen molar-refractivity contribution in [3.05, 3.63) is 145 Å². The van der Waals surface area contributed by atoms with Crippen LogP contribution in [0.2, 0.25) is 5.02 Å². The van der Waals surface area contributed by atoms with Gasteiger partial charge in [0.05, 0.1) is 27.6 Å². The van der Waals surface area contributed by atoms with Crippen LogP contribution < -0.4 is 5.56 Å². The summed E-state index contributed by atoms with van der Waals surface area (Å²) < 4.78 is 1.54. The van der Waals surface area contributed by atoms with E-state index in [9.17, 15) is 19.7 Å². The van der Waals surface area contributed by atoms with Crippen molar-refractivity contribution in [2.24, 2.45) is 0 Å². The molecule has 0 saturated carbocycles. The largest absolute Gasteiger partial charge is 0.328 e. The Balaban J connectivity index is 1.65. The first-order chi connectivity index (χ1) is 19.7. The molecule has 206 valence electrons. The quantitative estimate of drug-likeness (QED) is 0.154. The summed E-state index contributed by atoms with van der Waals surface area (Å²) in [6, 6.07) is 27.1. The molecule has 4 aromatic carbocycles. The van der Waals surface area contributed by atoms with Gasteiger partial charge in [-0.2, -0.15) is 0 Å². The summed E-state index contributed by atoms with van der Waals surface area (Å²) in [5.41, 5.74) is 3.04. The predicted octanol–water partition coefficient (Wildman–Crippen LogP) is 6.70. The number of aromatic nitrogens is 2. The molecule has 8 nitrogen and oxygen atoms in total. The van der Waals surface area contributed by atoms with Crippen molar-refractivity contribution in [2.45, 2.75) is 26.3 Å². The number of hydrogen-bond acceptors (Lipinski definition) is 5. The summed E-state index contributed by atoms with van der Waals surface area (Å²) in [7, 11) is 0. The smallest absolute Gasteiger partial charge is 0.269 e. The molecular formula is C32H27ClN4O4. The molecule has 9 heteroatoms. The Morgan fingerprint density at radius 3 is 2.34 bits per heavy atom. The van der Waals surface area contributed by atoms with Gasteiger partial charge in [0.25, 0.3) is 17.2 Å². The molecule has 1 unspecified atom stereocenters. The number of aryl methyl sites for hydroxylation is 1. The van der Waals surface area contributed by atoms with Crippen LogP contribution in [0, 0.1) is 17.0 Å². The van der Waals surface area contributed by atoms with Gasteiger partial charge >= 0.3 is 0 Å². The van der Waals surface area contributed by atoms with E-state index in [0.29, 0.717) is 46.0 Å². The molecule has 0 aliphatic heterocycles. The highest BCUT2D eigenvalue weighted by Gasteiger charge is 2.28. The SMILES string of the molecule is Cc1ccc(-n2c(C(C)N(CCc3ccccc3)C(=O)c3ccc([N+](=O)[O-])cc3)nc3cc(Cl)ccc3c2=O)cc1. The summed E-state index contributed by atoms with van der Waals surface area (Å²) in [5, 5.41) is 12.0. The van der Waals surface area contributed by atoms with E-state index in [0.717, 1.165) is 11.1 Å². The van der Waals surface area contributed by atoms with Crippen molar-refractivity contribution in [2.75, 3.05) is 6.54 Å². The molecule has 5 rings (SSSR count). The number of benzene rings is 4. The standard InChI is InChI=1S/C32H27ClN4O4/c1-21-8-13-26(14-9-21)36-30(34-29-20-25(33)12-17-28(29)32(36)39)22(2)35(19-18-23-6-4-3-5-7-23)31(38)24-10-15-27(16-11-24)37(40)41/h3-17,20,22H,18-19H2,1-2H3. The Bertz CT molecular complexity index is 1790. The van der Waals surface area contributed by atoms with Crippen LogP contribution >= 0.6 is 11.6 Å². The minimum atomic E-state index is -0.654. The van der Waals surface area contributed by atoms with Gasteiger partial charge in [-0.15, -0.1) is 0 Å². The van der Waals surface area contributed by atoms with Gasteiger partial charge in [-0.25, -0.2) is 4.98 Å². The first-order valence-electron chi connectivity index (χ1n) is 13.1. The topological polar surface area (TPSA) is 98.3 Å². The normalized spacial score (nSPS) is 11.8. The summed E-state index contributed by atoms with van der Waals surface area (Å²) >= 11 is 6.26. The number of nitrogens with zero attached hydrogens (tertiary/aromatic N) is 4. The molecule has 1 amide bonds. The summed E-state index contributed by atoms with van der Waals surface area (Å²) in [6.45, 7) is 4.11. The summed E-state index contributed by atoms with van der Waals surface area (Å²) in [6.07, 6.45) is 0.554. The van der Waals surface area contributed by atoms with Crippen LogP contribution in [0.4, 0.5) is 5.69 Å². The average Bonchev–Trinajstić information content (AvgIpc) is 2.98. The zero-order valence-corrected chi connectivity index (χ0v) is 23.3. The van der Waals surface area contributed by atoms with Crippen molar-refractivity contribution in [3.8, 4) is 5.69 Å². The zero-order chi connectivity index (χ0) is 29.1. The molecule has 1 heterocycles. The van der Waals surface area contributed by atoms with Gasteiger partial charge < -0.3 is 4.90 Å². The van der Waals surface area contributed by atoms with Gasteiger partial charge in [-0.1, -0.05) is 59.6 Å². The lowest BCUT2D eigenvalue weighted by atomic mass is 10.1. The Hall–Kier alpha value is -4.82. The molecule has 0 fully saturated rings. The third-order valence-electron chi connectivity index (χ3n) is 7.06. The van der Waals surface area contributed by atoms with Crippen molar-refractivity contribution in [1.29, 1.82) is 0 Å². The molecule has 0 aliphatic carbocycles. The van der Waals surface area contributed by atoms with Crippen molar-refractivity contribution < 1.29 is 9.72 Å². The van der Waals surface area contributed by atoms with E-state index in [1.165, 1.54) is 24.3 Å². The number of fused-ring (bicyclic) bond motifs is 1. The highest BCUT2D eigenvalue weighted by atomic mass is 35.5. The van der Waals surface area contributed by atoms with E-state index in [1.54, 1.807) is 27.7 Å². The second kappa shape index (κ2) is 11.7. The lowest BCUT2D eigenvalue weighted by Gasteiger charge is -2.31. The second-order valence-corrected chi connectivity index (χ2v) is 10.3. The third-order valence-corrected chi connectivity index (χ3v) is 7.30. The molecule has 0 N–H and O–H groups in total. The first kappa shape index (κ1) is 27.7. The Labute approximate surface area is 241 Å². The van der Waals surface area contributed by atoms with Gasteiger partial charge in [0.15, 0.2) is 0 Å². The van der Waals surface area contributed by atoms with Crippen molar-refractivity contribution in [1.82, 2.24) is 14.5 Å². The number of nitro groups is 1. The molecule has 1 aromatic heterocycles. The van der Waals surface area contributed by atoms with E-state index in [-0.39, 0.29) is 17.2 Å². The van der Waals surface area contributed by atoms with Crippen molar-refractivity contribution >= 4 is 34.1 Å². The average molecular weight is 567 g/mol. The van der Waals surface area contributed by atoms with Gasteiger partial charge in [0, 0.05) is 29.3 Å². The molecule has 0 bridgehead atoms. The van der Waals surface area contributed by atoms with Crippen LogP contribution in [0.15, 0.2) is 102 Å². The molecule has 1 atom stereocenters. The number of carbonyl (C=O) groups excluding carboxylic acids is 1. The van der Waals surface area contributed by atoms with Crippen LogP contribution in [-0.2, 0) is 6.42 Å². The number of nitro benzene ring substituents is 1. The molecule has 41 heavy (non-hydrogen) atoms. The maximum absolute atomic E-state index is 14.0. The predicted molar refractivity (Wildman–Crippen MR) is 160 cm³/mol. The zero-order valence-electron chi connectivity index (χ0n) is 22.5. The van der Waals surface area contributed by atoms with Crippen LogP contribution in [0.1, 0.15) is 40.3 Å². The fraction of sp³-hybridized carbons (Fsp3) is 0.156. The number of hydrogen-bond donors (Lipinski definition) is 0. The number of halogens is 1. The van der Waals surface area contributed by atoms with Crippen LogP contribution in [0.3, 0.4) is 0 Å². The highest BCUT2D eigenvalue weighted by molar-refractivity contribution is 6.31. The van der Waals surface area contributed by atoms with E-state index < -0.39 is 11.0 Å². The molecule has 0 spiro atoms. The molecule has 0 radical (unpaired) electrons. The number of rotatable bonds is 8. The van der Waals surface area contributed by atoms with Crippen LogP contribution in [0.5, 0.6) is 0 Å². The number of amides is 1. The minimum absolute atomic E-state index is 0.105. The van der Waals surface area contributed by atoms with E-state index in [4.69, 9.17) is 16.6 Å². The molecule has 0 aliphatic rings. The Kier molecular flexibility index (Phi) is 7.94. The van der Waals surface area contributed by atoms with Gasteiger partial charge in [-0.3, -0.25) is 24.3 Å². The minimum Gasteiger partial charge on any atom is -0.328 e. The first-order valence-corrected chi connectivity index (χ1v) is 13.5. The third kappa shape index (κ3) is 5.88. The number of non-ortho nitro benzene ring substituents is 1. The molecule has 5 aromatic rings. The molecular weight excluding hydrogens is 540 g/mol. The Morgan fingerprint density at radius 1 is 1.00 bits per heavy atom. The van der Waals surface area contributed by atoms with E-state index in [1.807, 2.05) is 68.4 Å². The van der Waals surface area contributed by atoms with Crippen LogP contribution in [0.25, 0.3) is 16.6 Å². The maximum atomic E-state index is 14.0. The Morgan fingerprint density at radius 2 is 1.68 bits per heavy atom. The van der Waals surface area contributed by atoms with Crippen molar-refractivity contribution in [3.63, 3.8) is 0 Å².